The van der Waals surface area contributed by atoms with Crippen LogP contribution in [0.2, 0.25) is 0 Å². The van der Waals surface area contributed by atoms with Crippen LogP contribution in [-0.4, -0.2) is 25.7 Å². The highest BCUT2D eigenvalue weighted by Gasteiger charge is 1.98. The summed E-state index contributed by atoms with van der Waals surface area (Å²) in [6, 6.07) is 6.62. The van der Waals surface area contributed by atoms with Gasteiger partial charge in [0.1, 0.15) is 5.82 Å². The first-order chi connectivity index (χ1) is 7.22. The molecular weight excluding hydrogens is 193 g/mol. The smallest absolute Gasteiger partial charge is 0.123 e. The second kappa shape index (κ2) is 6.50. The fraction of sp³-hybridized carbons (Fsp3) is 0.455. The molecule has 1 atom stereocenters. The van der Waals surface area contributed by atoms with Gasteiger partial charge in [0.2, 0.25) is 0 Å². The van der Waals surface area contributed by atoms with Crippen molar-refractivity contribution < 1.29 is 4.39 Å². The molecule has 0 bridgehead atoms. The molecular formula is C11H18FN3. The van der Waals surface area contributed by atoms with Gasteiger partial charge >= 0.3 is 0 Å². The SMILES string of the molecule is NCC(N)CNCCc1cccc(F)c1. The molecule has 0 aromatic heterocycles. The molecule has 84 valence electrons. The number of hydrogen-bond donors (Lipinski definition) is 3. The summed E-state index contributed by atoms with van der Waals surface area (Å²) in [5, 5.41) is 3.18. The summed E-state index contributed by atoms with van der Waals surface area (Å²) < 4.78 is 12.8. The van der Waals surface area contributed by atoms with Crippen LogP contribution in [0, 0.1) is 5.82 Å². The standard InChI is InChI=1S/C11H18FN3/c12-10-3-1-2-9(6-10)4-5-15-8-11(14)7-13/h1-3,6,11,15H,4-5,7-8,13-14H2. The van der Waals surface area contributed by atoms with Crippen LogP contribution in [-0.2, 0) is 6.42 Å². The zero-order chi connectivity index (χ0) is 11.1. The molecule has 1 unspecified atom stereocenters. The molecule has 1 aromatic carbocycles. The Kier molecular flexibility index (Phi) is 5.25. The van der Waals surface area contributed by atoms with Gasteiger partial charge in [-0.05, 0) is 30.7 Å². The largest absolute Gasteiger partial charge is 0.329 e. The average Bonchev–Trinajstić information content (AvgIpc) is 2.24. The molecule has 3 nitrogen and oxygen atoms in total. The van der Waals surface area contributed by atoms with E-state index in [9.17, 15) is 4.39 Å². The first kappa shape index (κ1) is 12.1. The van der Waals surface area contributed by atoms with Gasteiger partial charge in [0.15, 0.2) is 0 Å². The summed E-state index contributed by atoms with van der Waals surface area (Å²) >= 11 is 0. The highest BCUT2D eigenvalue weighted by atomic mass is 19.1. The zero-order valence-electron chi connectivity index (χ0n) is 8.75. The van der Waals surface area contributed by atoms with Crippen molar-refractivity contribution in [2.75, 3.05) is 19.6 Å². The molecule has 0 spiro atoms. The molecule has 1 rings (SSSR count). The van der Waals surface area contributed by atoms with Gasteiger partial charge in [0.05, 0.1) is 0 Å². The highest BCUT2D eigenvalue weighted by Crippen LogP contribution is 2.03. The number of halogens is 1. The lowest BCUT2D eigenvalue weighted by Crippen LogP contribution is -2.40. The highest BCUT2D eigenvalue weighted by molar-refractivity contribution is 5.16. The summed E-state index contributed by atoms with van der Waals surface area (Å²) in [4.78, 5) is 0. The lowest BCUT2D eigenvalue weighted by atomic mass is 10.1. The van der Waals surface area contributed by atoms with E-state index in [0.29, 0.717) is 13.1 Å². The van der Waals surface area contributed by atoms with Gasteiger partial charge in [-0.1, -0.05) is 12.1 Å². The minimum atomic E-state index is -0.189. The van der Waals surface area contributed by atoms with Gasteiger partial charge in [0, 0.05) is 19.1 Å². The molecule has 1 aromatic rings. The van der Waals surface area contributed by atoms with Crippen LogP contribution in [0.15, 0.2) is 24.3 Å². The summed E-state index contributed by atoms with van der Waals surface area (Å²) in [7, 11) is 0. The predicted octanol–water partition coefficient (Wildman–Crippen LogP) is 0.244. The number of rotatable bonds is 6. The number of nitrogens with one attached hydrogen (secondary N) is 1. The Hall–Kier alpha value is -0.970. The quantitative estimate of drug-likeness (QED) is 0.591. The number of hydrogen-bond acceptors (Lipinski definition) is 3. The minimum Gasteiger partial charge on any atom is -0.329 e. The molecule has 0 saturated carbocycles. The molecule has 5 N–H and O–H groups in total. The van der Waals surface area contributed by atoms with E-state index >= 15 is 0 Å². The molecule has 0 aliphatic heterocycles. The van der Waals surface area contributed by atoms with E-state index in [1.165, 1.54) is 6.07 Å². The van der Waals surface area contributed by atoms with Crippen LogP contribution < -0.4 is 16.8 Å². The lowest BCUT2D eigenvalue weighted by molar-refractivity contribution is 0.581. The van der Waals surface area contributed by atoms with Crippen molar-refractivity contribution in [2.24, 2.45) is 11.5 Å². The Labute approximate surface area is 89.7 Å². The van der Waals surface area contributed by atoms with Crippen LogP contribution in [0.1, 0.15) is 5.56 Å². The summed E-state index contributed by atoms with van der Waals surface area (Å²) in [6.45, 7) is 1.97. The first-order valence-corrected chi connectivity index (χ1v) is 5.13. The van der Waals surface area contributed by atoms with Gasteiger partial charge in [-0.15, -0.1) is 0 Å². The van der Waals surface area contributed by atoms with Crippen molar-refractivity contribution in [2.45, 2.75) is 12.5 Å². The van der Waals surface area contributed by atoms with Crippen molar-refractivity contribution >= 4 is 0 Å². The van der Waals surface area contributed by atoms with Crippen LogP contribution in [0.5, 0.6) is 0 Å². The van der Waals surface area contributed by atoms with Crippen molar-refractivity contribution in [3.63, 3.8) is 0 Å². The molecule has 0 aliphatic rings. The molecule has 0 amide bonds. The molecule has 0 fully saturated rings. The third-order valence-corrected chi connectivity index (χ3v) is 2.19. The van der Waals surface area contributed by atoms with Crippen molar-refractivity contribution in [1.29, 1.82) is 0 Å². The fourth-order valence-electron chi connectivity index (χ4n) is 1.30. The van der Waals surface area contributed by atoms with E-state index in [1.54, 1.807) is 12.1 Å². The Bertz CT molecular complexity index is 291. The lowest BCUT2D eigenvalue weighted by Gasteiger charge is -2.09. The van der Waals surface area contributed by atoms with E-state index in [-0.39, 0.29) is 11.9 Å². The van der Waals surface area contributed by atoms with E-state index in [4.69, 9.17) is 11.5 Å². The summed E-state index contributed by atoms with van der Waals surface area (Å²) in [6.07, 6.45) is 0.801. The van der Waals surface area contributed by atoms with E-state index < -0.39 is 0 Å². The Morgan fingerprint density at radius 3 is 2.87 bits per heavy atom. The van der Waals surface area contributed by atoms with Crippen LogP contribution in [0.4, 0.5) is 4.39 Å². The summed E-state index contributed by atoms with van der Waals surface area (Å²) in [5.41, 5.74) is 12.0. The predicted molar refractivity (Wildman–Crippen MR) is 60.0 cm³/mol. The Morgan fingerprint density at radius 2 is 2.20 bits per heavy atom. The van der Waals surface area contributed by atoms with E-state index in [1.807, 2.05) is 6.07 Å². The van der Waals surface area contributed by atoms with Gasteiger partial charge in [-0.2, -0.15) is 0 Å². The molecule has 15 heavy (non-hydrogen) atoms. The maximum absolute atomic E-state index is 12.8. The monoisotopic (exact) mass is 211 g/mol. The molecule has 0 saturated heterocycles. The minimum absolute atomic E-state index is 0.00231. The topological polar surface area (TPSA) is 64.1 Å². The van der Waals surface area contributed by atoms with Gasteiger partial charge < -0.3 is 16.8 Å². The number of benzene rings is 1. The maximum Gasteiger partial charge on any atom is 0.123 e. The van der Waals surface area contributed by atoms with Gasteiger partial charge in [-0.3, -0.25) is 0 Å². The molecule has 4 heteroatoms. The average molecular weight is 211 g/mol. The molecule has 0 heterocycles. The maximum atomic E-state index is 12.8. The Morgan fingerprint density at radius 1 is 1.40 bits per heavy atom. The van der Waals surface area contributed by atoms with Crippen molar-refractivity contribution in [1.82, 2.24) is 5.32 Å². The number of nitrogens with two attached hydrogens (primary N) is 2. The molecule has 0 radical (unpaired) electrons. The van der Waals surface area contributed by atoms with Crippen molar-refractivity contribution in [3.05, 3.63) is 35.6 Å². The zero-order valence-corrected chi connectivity index (χ0v) is 8.75. The second-order valence-electron chi connectivity index (χ2n) is 3.58. The van der Waals surface area contributed by atoms with Crippen LogP contribution >= 0.6 is 0 Å². The van der Waals surface area contributed by atoms with Gasteiger partial charge in [-0.25, -0.2) is 4.39 Å². The fourth-order valence-corrected chi connectivity index (χ4v) is 1.30. The summed E-state index contributed by atoms with van der Waals surface area (Å²) in [5.74, 6) is -0.189. The Balaban J connectivity index is 2.20. The van der Waals surface area contributed by atoms with Crippen LogP contribution in [0.3, 0.4) is 0 Å². The van der Waals surface area contributed by atoms with Crippen LogP contribution in [0.25, 0.3) is 0 Å². The van der Waals surface area contributed by atoms with E-state index in [2.05, 4.69) is 5.32 Å². The van der Waals surface area contributed by atoms with Crippen molar-refractivity contribution in [3.8, 4) is 0 Å². The molecule has 0 aliphatic carbocycles. The second-order valence-corrected chi connectivity index (χ2v) is 3.58. The van der Waals surface area contributed by atoms with E-state index in [0.717, 1.165) is 18.5 Å². The normalized spacial score (nSPS) is 12.7. The third-order valence-electron chi connectivity index (χ3n) is 2.19. The third kappa shape index (κ3) is 4.88. The van der Waals surface area contributed by atoms with Gasteiger partial charge in [0.25, 0.3) is 0 Å². The first-order valence-electron chi connectivity index (χ1n) is 5.13.